The molecule has 0 bridgehead atoms. The van der Waals surface area contributed by atoms with E-state index in [2.05, 4.69) is 37.4 Å². The molecule has 1 aromatic carbocycles. The van der Waals surface area contributed by atoms with Crippen LogP contribution in [-0.2, 0) is 24.2 Å². The summed E-state index contributed by atoms with van der Waals surface area (Å²) >= 11 is 0. The van der Waals surface area contributed by atoms with Crippen molar-refractivity contribution in [2.24, 2.45) is 0 Å². The fourth-order valence-corrected chi connectivity index (χ4v) is 2.60. The molecule has 2 rings (SSSR count). The van der Waals surface area contributed by atoms with Crippen LogP contribution >= 0.6 is 0 Å². The number of anilines is 1. The highest BCUT2D eigenvalue weighted by Gasteiger charge is 2.12. The third-order valence-corrected chi connectivity index (χ3v) is 3.83. The van der Waals surface area contributed by atoms with E-state index >= 15 is 0 Å². The summed E-state index contributed by atoms with van der Waals surface area (Å²) in [6.07, 6.45) is 7.08. The normalized spacial score (nSPS) is 10.5. The lowest BCUT2D eigenvalue weighted by atomic mass is 10.1. The molecule has 3 nitrogen and oxygen atoms in total. The summed E-state index contributed by atoms with van der Waals surface area (Å²) in [7, 11) is 0. The van der Waals surface area contributed by atoms with E-state index in [0.717, 1.165) is 30.5 Å². The third kappa shape index (κ3) is 4.17. The molecule has 1 amide bonds. The van der Waals surface area contributed by atoms with Crippen LogP contribution in [0.5, 0.6) is 0 Å². The van der Waals surface area contributed by atoms with E-state index in [1.165, 1.54) is 11.1 Å². The number of benzene rings is 1. The third-order valence-electron chi connectivity index (χ3n) is 3.83. The average molecular weight is 297 g/mol. The van der Waals surface area contributed by atoms with E-state index in [1.54, 1.807) is 0 Å². The van der Waals surface area contributed by atoms with Crippen molar-refractivity contribution in [2.45, 2.75) is 46.6 Å². The van der Waals surface area contributed by atoms with Crippen LogP contribution in [0.4, 0.5) is 5.69 Å². The Morgan fingerprint density at radius 2 is 1.86 bits per heavy atom. The van der Waals surface area contributed by atoms with E-state index in [-0.39, 0.29) is 5.91 Å². The van der Waals surface area contributed by atoms with Gasteiger partial charge in [0.15, 0.2) is 12.4 Å². The molecule has 3 heteroatoms. The molecule has 1 N–H and O–H groups in total. The Balaban J connectivity index is 2.04. The van der Waals surface area contributed by atoms with Crippen LogP contribution in [0.15, 0.2) is 42.7 Å². The minimum atomic E-state index is 0.0113. The van der Waals surface area contributed by atoms with Crippen molar-refractivity contribution in [3.05, 3.63) is 59.4 Å². The first-order valence-corrected chi connectivity index (χ1v) is 8.00. The van der Waals surface area contributed by atoms with Gasteiger partial charge in [-0.25, -0.2) is 0 Å². The Morgan fingerprint density at radius 3 is 2.50 bits per heavy atom. The zero-order chi connectivity index (χ0) is 15.9. The number of nitrogens with one attached hydrogen (secondary N) is 1. The first kappa shape index (κ1) is 16.2. The lowest BCUT2D eigenvalue weighted by molar-refractivity contribution is -0.684. The first-order chi connectivity index (χ1) is 10.6. The van der Waals surface area contributed by atoms with Gasteiger partial charge in [0, 0.05) is 17.8 Å². The number of aromatic nitrogens is 1. The molecule has 0 atom stereocenters. The minimum absolute atomic E-state index is 0.0113. The highest BCUT2D eigenvalue weighted by Crippen LogP contribution is 2.20. The number of hydrogen-bond donors (Lipinski definition) is 1. The summed E-state index contributed by atoms with van der Waals surface area (Å²) in [4.78, 5) is 12.3. The van der Waals surface area contributed by atoms with Crippen molar-refractivity contribution in [3.63, 3.8) is 0 Å². The van der Waals surface area contributed by atoms with Crippen molar-refractivity contribution >= 4 is 11.6 Å². The van der Waals surface area contributed by atoms with Crippen molar-refractivity contribution in [2.75, 3.05) is 5.32 Å². The molecule has 0 saturated carbocycles. The fourth-order valence-electron chi connectivity index (χ4n) is 2.60. The lowest BCUT2D eigenvalue weighted by Crippen LogP contribution is -2.39. The predicted molar refractivity (Wildman–Crippen MR) is 89.8 cm³/mol. The number of nitrogens with zero attached hydrogens (tertiary/aromatic N) is 1. The van der Waals surface area contributed by atoms with Gasteiger partial charge in [-0.2, -0.15) is 4.57 Å². The molecule has 1 heterocycles. The van der Waals surface area contributed by atoms with Crippen molar-refractivity contribution in [1.29, 1.82) is 0 Å². The van der Waals surface area contributed by atoms with Crippen LogP contribution in [0.2, 0.25) is 0 Å². The van der Waals surface area contributed by atoms with E-state index in [1.807, 2.05) is 36.0 Å². The highest BCUT2D eigenvalue weighted by atomic mass is 16.1. The monoisotopic (exact) mass is 297 g/mol. The zero-order valence-electron chi connectivity index (χ0n) is 13.7. The van der Waals surface area contributed by atoms with Gasteiger partial charge in [0.1, 0.15) is 0 Å². The minimum Gasteiger partial charge on any atom is -0.320 e. The average Bonchev–Trinajstić information content (AvgIpc) is 2.51. The number of pyridine rings is 1. The summed E-state index contributed by atoms with van der Waals surface area (Å²) in [5.41, 5.74) is 4.55. The molecule has 22 heavy (non-hydrogen) atoms. The maximum Gasteiger partial charge on any atom is 0.290 e. The zero-order valence-corrected chi connectivity index (χ0v) is 13.7. The van der Waals surface area contributed by atoms with E-state index < -0.39 is 0 Å². The SMILES string of the molecule is CCCc1cc[n+](CC(=O)Nc2c(C)cccc2CC)cc1. The van der Waals surface area contributed by atoms with Crippen LogP contribution in [-0.4, -0.2) is 5.91 Å². The second-order valence-electron chi connectivity index (χ2n) is 5.64. The molecule has 0 aliphatic heterocycles. The summed E-state index contributed by atoms with van der Waals surface area (Å²) in [6.45, 7) is 6.64. The van der Waals surface area contributed by atoms with E-state index in [0.29, 0.717) is 6.54 Å². The van der Waals surface area contributed by atoms with Gasteiger partial charge in [-0.05, 0) is 36.5 Å². The highest BCUT2D eigenvalue weighted by molar-refractivity contribution is 5.91. The predicted octanol–water partition coefficient (Wildman–Crippen LogP) is 3.44. The number of amides is 1. The van der Waals surface area contributed by atoms with Gasteiger partial charge >= 0.3 is 0 Å². The molecule has 2 aromatic rings. The van der Waals surface area contributed by atoms with Gasteiger partial charge in [-0.15, -0.1) is 0 Å². The van der Waals surface area contributed by atoms with Gasteiger partial charge < -0.3 is 5.32 Å². The Kier molecular flexibility index (Phi) is 5.70. The maximum atomic E-state index is 12.3. The van der Waals surface area contributed by atoms with Crippen molar-refractivity contribution < 1.29 is 9.36 Å². The van der Waals surface area contributed by atoms with E-state index in [9.17, 15) is 4.79 Å². The van der Waals surface area contributed by atoms with Gasteiger partial charge in [-0.3, -0.25) is 4.79 Å². The smallest absolute Gasteiger partial charge is 0.290 e. The van der Waals surface area contributed by atoms with Gasteiger partial charge in [0.2, 0.25) is 6.54 Å². The van der Waals surface area contributed by atoms with Crippen LogP contribution in [0, 0.1) is 6.92 Å². The molecule has 0 aliphatic rings. The van der Waals surface area contributed by atoms with Gasteiger partial charge in [0.25, 0.3) is 5.91 Å². The molecule has 1 aromatic heterocycles. The number of para-hydroxylation sites is 1. The standard InChI is InChI=1S/C19H24N2O/c1-4-7-16-10-12-21(13-11-16)14-18(22)20-19-15(3)8-6-9-17(19)5-2/h6,8-13H,4-5,7,14H2,1-3H3/p+1. The number of carbonyl (C=O) groups is 1. The van der Waals surface area contributed by atoms with Crippen LogP contribution in [0.3, 0.4) is 0 Å². The molecule has 0 unspecified atom stereocenters. The number of rotatable bonds is 6. The number of carbonyl (C=O) groups excluding carboxylic acids is 1. The molecular weight excluding hydrogens is 272 g/mol. The largest absolute Gasteiger partial charge is 0.320 e. The lowest BCUT2D eigenvalue weighted by Gasteiger charge is -2.11. The van der Waals surface area contributed by atoms with E-state index in [4.69, 9.17) is 0 Å². The molecule has 0 saturated heterocycles. The summed E-state index contributed by atoms with van der Waals surface area (Å²) in [5.74, 6) is 0.0113. The topological polar surface area (TPSA) is 33.0 Å². The summed E-state index contributed by atoms with van der Waals surface area (Å²) < 4.78 is 1.92. The quantitative estimate of drug-likeness (QED) is 0.814. The maximum absolute atomic E-state index is 12.3. The van der Waals surface area contributed by atoms with Gasteiger partial charge in [0.05, 0.1) is 0 Å². The van der Waals surface area contributed by atoms with Crippen molar-refractivity contribution in [1.82, 2.24) is 0 Å². The second kappa shape index (κ2) is 7.74. The van der Waals surface area contributed by atoms with Crippen LogP contribution in [0.1, 0.15) is 37.0 Å². The molecule has 0 radical (unpaired) electrons. The molecule has 0 spiro atoms. The molecule has 0 fully saturated rings. The van der Waals surface area contributed by atoms with Gasteiger partial charge in [-0.1, -0.05) is 38.5 Å². The van der Waals surface area contributed by atoms with Crippen molar-refractivity contribution in [3.8, 4) is 0 Å². The fraction of sp³-hybridized carbons (Fsp3) is 0.368. The van der Waals surface area contributed by atoms with Crippen LogP contribution < -0.4 is 9.88 Å². The number of hydrogen-bond acceptors (Lipinski definition) is 1. The second-order valence-corrected chi connectivity index (χ2v) is 5.64. The Morgan fingerprint density at radius 1 is 1.14 bits per heavy atom. The Labute approximate surface area is 133 Å². The summed E-state index contributed by atoms with van der Waals surface area (Å²) in [6, 6.07) is 10.3. The van der Waals surface area contributed by atoms with Crippen LogP contribution in [0.25, 0.3) is 0 Å². The first-order valence-electron chi connectivity index (χ1n) is 8.00. The molecule has 0 aliphatic carbocycles. The molecular formula is C19H25N2O+. The Hall–Kier alpha value is -2.16. The Bertz CT molecular complexity index is 632. The molecule has 116 valence electrons. The number of aryl methyl sites for hydroxylation is 3. The summed E-state index contributed by atoms with van der Waals surface area (Å²) in [5, 5.41) is 3.06.